The highest BCUT2D eigenvalue weighted by atomic mass is 32.2. The Hall–Kier alpha value is -2.62. The average molecular weight is 487 g/mol. The highest BCUT2D eigenvalue weighted by molar-refractivity contribution is 8.19. The fourth-order valence-electron chi connectivity index (χ4n) is 3.22. The van der Waals surface area contributed by atoms with Crippen molar-refractivity contribution in [1.29, 1.82) is 0 Å². The van der Waals surface area contributed by atoms with Crippen LogP contribution in [0.5, 0.6) is 5.75 Å². The summed E-state index contributed by atoms with van der Waals surface area (Å²) in [5.41, 5.74) is 2.44. The number of benzene rings is 3. The largest absolute Gasteiger partial charge is 0.495 e. The SMILES string of the molecule is COc1ccccc1NS(=O)(=O)c1cccc(NC(=O)c2ccc(C3SCCS3)cc2)c1. The van der Waals surface area contributed by atoms with Gasteiger partial charge >= 0.3 is 0 Å². The van der Waals surface area contributed by atoms with Crippen LogP contribution >= 0.6 is 23.5 Å². The molecule has 166 valence electrons. The van der Waals surface area contributed by atoms with Gasteiger partial charge in [0.05, 0.1) is 22.3 Å². The molecule has 0 aromatic heterocycles. The van der Waals surface area contributed by atoms with Gasteiger partial charge in [0, 0.05) is 22.8 Å². The van der Waals surface area contributed by atoms with Crippen molar-refractivity contribution in [2.45, 2.75) is 9.48 Å². The summed E-state index contributed by atoms with van der Waals surface area (Å²) in [7, 11) is -2.40. The maximum absolute atomic E-state index is 12.9. The molecule has 6 nitrogen and oxygen atoms in total. The van der Waals surface area contributed by atoms with Crippen molar-refractivity contribution in [3.8, 4) is 5.75 Å². The Kier molecular flexibility index (Phi) is 6.98. The Bertz CT molecular complexity index is 1210. The number of sulfonamides is 1. The number of hydrogen-bond acceptors (Lipinski definition) is 6. The van der Waals surface area contributed by atoms with Gasteiger partial charge in [0.1, 0.15) is 5.75 Å². The summed E-state index contributed by atoms with van der Waals surface area (Å²) in [6.07, 6.45) is 0. The first-order valence-corrected chi connectivity index (χ1v) is 13.4. The maximum Gasteiger partial charge on any atom is 0.262 e. The molecule has 1 amide bonds. The Balaban J connectivity index is 1.48. The van der Waals surface area contributed by atoms with Gasteiger partial charge in [-0.2, -0.15) is 0 Å². The van der Waals surface area contributed by atoms with Crippen LogP contribution in [0.15, 0.2) is 77.7 Å². The number of para-hydroxylation sites is 2. The first-order valence-electron chi connectivity index (χ1n) is 9.87. The summed E-state index contributed by atoms with van der Waals surface area (Å²) in [4.78, 5) is 12.7. The number of amides is 1. The summed E-state index contributed by atoms with van der Waals surface area (Å²) in [5, 5.41) is 2.78. The van der Waals surface area contributed by atoms with Gasteiger partial charge in [-0.05, 0) is 48.0 Å². The number of rotatable bonds is 7. The third-order valence-electron chi connectivity index (χ3n) is 4.82. The van der Waals surface area contributed by atoms with Crippen molar-refractivity contribution >= 4 is 50.8 Å². The van der Waals surface area contributed by atoms with Crippen LogP contribution in [-0.2, 0) is 10.0 Å². The second-order valence-electron chi connectivity index (χ2n) is 6.98. The van der Waals surface area contributed by atoms with E-state index in [0.29, 0.717) is 27.3 Å². The quantitative estimate of drug-likeness (QED) is 0.476. The Morgan fingerprint density at radius 2 is 1.69 bits per heavy atom. The Morgan fingerprint density at radius 1 is 0.969 bits per heavy atom. The van der Waals surface area contributed by atoms with Gasteiger partial charge in [-0.1, -0.05) is 30.3 Å². The molecule has 0 bridgehead atoms. The van der Waals surface area contributed by atoms with E-state index in [9.17, 15) is 13.2 Å². The van der Waals surface area contributed by atoms with E-state index in [1.54, 1.807) is 48.5 Å². The van der Waals surface area contributed by atoms with E-state index >= 15 is 0 Å². The minimum absolute atomic E-state index is 0.0341. The van der Waals surface area contributed by atoms with Gasteiger partial charge in [0.25, 0.3) is 15.9 Å². The minimum atomic E-state index is -3.87. The minimum Gasteiger partial charge on any atom is -0.495 e. The lowest BCUT2D eigenvalue weighted by Crippen LogP contribution is -2.15. The molecule has 0 atom stereocenters. The Morgan fingerprint density at radius 3 is 2.41 bits per heavy atom. The predicted octanol–water partition coefficient (Wildman–Crippen LogP) is 5.23. The Labute approximate surface area is 196 Å². The summed E-state index contributed by atoms with van der Waals surface area (Å²) in [6.45, 7) is 0. The van der Waals surface area contributed by atoms with Crippen LogP contribution in [0.1, 0.15) is 20.5 Å². The second-order valence-corrected chi connectivity index (χ2v) is 11.4. The van der Waals surface area contributed by atoms with Crippen molar-refractivity contribution in [2.75, 3.05) is 28.7 Å². The summed E-state index contributed by atoms with van der Waals surface area (Å²) in [6, 6.07) is 20.4. The number of nitrogens with one attached hydrogen (secondary N) is 2. The van der Waals surface area contributed by atoms with Crippen LogP contribution in [0, 0.1) is 0 Å². The molecular formula is C23H22N2O4S3. The number of hydrogen-bond donors (Lipinski definition) is 2. The highest BCUT2D eigenvalue weighted by Gasteiger charge is 2.19. The molecule has 3 aromatic rings. The highest BCUT2D eigenvalue weighted by Crippen LogP contribution is 2.45. The smallest absolute Gasteiger partial charge is 0.262 e. The molecule has 3 aromatic carbocycles. The van der Waals surface area contributed by atoms with Gasteiger partial charge in [0.2, 0.25) is 0 Å². The molecule has 1 fully saturated rings. The van der Waals surface area contributed by atoms with Gasteiger partial charge in [0.15, 0.2) is 0 Å². The number of carbonyl (C=O) groups excluding carboxylic acids is 1. The zero-order chi connectivity index (χ0) is 22.6. The predicted molar refractivity (Wildman–Crippen MR) is 132 cm³/mol. The fraction of sp³-hybridized carbons (Fsp3) is 0.174. The first-order chi connectivity index (χ1) is 15.5. The molecule has 0 saturated carbocycles. The van der Waals surface area contributed by atoms with Gasteiger partial charge in [-0.25, -0.2) is 8.42 Å². The van der Waals surface area contributed by atoms with Crippen LogP contribution in [0.3, 0.4) is 0 Å². The van der Waals surface area contributed by atoms with Crippen molar-refractivity contribution in [1.82, 2.24) is 0 Å². The zero-order valence-corrected chi connectivity index (χ0v) is 19.7. The lowest BCUT2D eigenvalue weighted by atomic mass is 10.1. The van der Waals surface area contributed by atoms with Gasteiger partial charge < -0.3 is 10.1 Å². The number of methoxy groups -OCH3 is 1. The van der Waals surface area contributed by atoms with Crippen LogP contribution in [0.25, 0.3) is 0 Å². The summed E-state index contributed by atoms with van der Waals surface area (Å²) >= 11 is 3.82. The van der Waals surface area contributed by atoms with Crippen LogP contribution < -0.4 is 14.8 Å². The van der Waals surface area contributed by atoms with Crippen LogP contribution in [0.2, 0.25) is 0 Å². The van der Waals surface area contributed by atoms with Crippen molar-refractivity contribution in [3.63, 3.8) is 0 Å². The molecule has 9 heteroatoms. The molecule has 1 aliphatic rings. The maximum atomic E-state index is 12.9. The van der Waals surface area contributed by atoms with E-state index in [0.717, 1.165) is 11.5 Å². The lowest BCUT2D eigenvalue weighted by Gasteiger charge is -2.13. The van der Waals surface area contributed by atoms with E-state index in [-0.39, 0.29) is 10.8 Å². The molecule has 32 heavy (non-hydrogen) atoms. The van der Waals surface area contributed by atoms with Crippen molar-refractivity contribution in [2.24, 2.45) is 0 Å². The van der Waals surface area contributed by atoms with E-state index in [1.807, 2.05) is 35.7 Å². The first kappa shape index (κ1) is 22.6. The molecule has 0 unspecified atom stereocenters. The van der Waals surface area contributed by atoms with E-state index in [4.69, 9.17) is 4.74 Å². The van der Waals surface area contributed by atoms with E-state index < -0.39 is 10.0 Å². The molecule has 1 saturated heterocycles. The third-order valence-corrected chi connectivity index (χ3v) is 9.29. The molecular weight excluding hydrogens is 464 g/mol. The molecule has 2 N–H and O–H groups in total. The molecule has 0 aliphatic carbocycles. The van der Waals surface area contributed by atoms with Gasteiger partial charge in [-0.3, -0.25) is 9.52 Å². The van der Waals surface area contributed by atoms with E-state index in [2.05, 4.69) is 10.0 Å². The number of ether oxygens (including phenoxy) is 1. The standard InChI is InChI=1S/C23H22N2O4S3/c1-29-21-8-3-2-7-20(21)25-32(27,28)19-6-4-5-18(15-19)24-22(26)16-9-11-17(12-10-16)23-30-13-14-31-23/h2-12,15,23,25H,13-14H2,1H3,(H,24,26). The number of thioether (sulfide) groups is 2. The second kappa shape index (κ2) is 9.89. The third kappa shape index (κ3) is 5.23. The number of anilines is 2. The zero-order valence-electron chi connectivity index (χ0n) is 17.3. The molecule has 0 radical (unpaired) electrons. The van der Waals surface area contributed by atoms with Crippen molar-refractivity contribution < 1.29 is 17.9 Å². The molecule has 1 aliphatic heterocycles. The molecule has 0 spiro atoms. The molecule has 4 rings (SSSR count). The molecule has 1 heterocycles. The van der Waals surface area contributed by atoms with E-state index in [1.165, 1.54) is 24.8 Å². The topological polar surface area (TPSA) is 84.5 Å². The van der Waals surface area contributed by atoms with Crippen LogP contribution in [-0.4, -0.2) is 32.9 Å². The van der Waals surface area contributed by atoms with Gasteiger partial charge in [-0.15, -0.1) is 23.5 Å². The lowest BCUT2D eigenvalue weighted by molar-refractivity contribution is 0.102. The average Bonchev–Trinajstić information content (AvgIpc) is 3.34. The normalized spacial score (nSPS) is 14.2. The van der Waals surface area contributed by atoms with Crippen LogP contribution in [0.4, 0.5) is 11.4 Å². The van der Waals surface area contributed by atoms with Crippen molar-refractivity contribution in [3.05, 3.63) is 83.9 Å². The fourth-order valence-corrected chi connectivity index (χ4v) is 7.19. The summed E-state index contributed by atoms with van der Waals surface area (Å²) < 4.78 is 33.9. The monoisotopic (exact) mass is 486 g/mol. The summed E-state index contributed by atoms with van der Waals surface area (Å²) in [5.74, 6) is 2.40. The number of carbonyl (C=O) groups is 1.